The number of para-hydroxylation sites is 1. The minimum absolute atomic E-state index is 0.882. The Kier molecular flexibility index (Phi) is 2.79. The first-order chi connectivity index (χ1) is 10.4. The molecule has 0 saturated heterocycles. The molecule has 21 heavy (non-hydrogen) atoms. The second kappa shape index (κ2) is 4.91. The molecule has 2 heteroatoms. The summed E-state index contributed by atoms with van der Waals surface area (Å²) in [5, 5.41) is 5.89. The molecule has 1 N–H and O–H groups in total. The maximum absolute atomic E-state index is 4.58. The van der Waals surface area contributed by atoms with Crippen molar-refractivity contribution < 1.29 is 0 Å². The molecule has 3 aromatic rings. The van der Waals surface area contributed by atoms with Gasteiger partial charge in [0.1, 0.15) is 5.84 Å². The van der Waals surface area contributed by atoms with Crippen LogP contribution in [-0.4, -0.2) is 5.84 Å². The normalized spacial score (nSPS) is 13.2. The number of hydrogen-bond donors (Lipinski definition) is 1. The highest BCUT2D eigenvalue weighted by atomic mass is 15.0. The van der Waals surface area contributed by atoms with Gasteiger partial charge in [0.2, 0.25) is 0 Å². The summed E-state index contributed by atoms with van der Waals surface area (Å²) in [7, 11) is 0. The fraction of sp³-hybridized carbons (Fsp3) is 0. The summed E-state index contributed by atoms with van der Waals surface area (Å²) in [6.07, 6.45) is 3.89. The molecule has 0 bridgehead atoms. The molecule has 0 aliphatic carbocycles. The number of aliphatic imine (C=N–C) groups is 1. The number of nitrogens with zero attached hydrogens (tertiary/aromatic N) is 1. The number of benzene rings is 3. The molecule has 0 saturated carbocycles. The van der Waals surface area contributed by atoms with Crippen molar-refractivity contribution in [2.24, 2.45) is 4.99 Å². The Morgan fingerprint density at radius 3 is 2.57 bits per heavy atom. The molecule has 0 unspecified atom stereocenters. The van der Waals surface area contributed by atoms with E-state index < -0.39 is 0 Å². The van der Waals surface area contributed by atoms with Gasteiger partial charge in [-0.05, 0) is 28.5 Å². The van der Waals surface area contributed by atoms with Gasteiger partial charge >= 0.3 is 0 Å². The Balaban J connectivity index is 1.87. The van der Waals surface area contributed by atoms with Crippen LogP contribution in [0.3, 0.4) is 0 Å². The Labute approximate surface area is 123 Å². The predicted octanol–water partition coefficient (Wildman–Crippen LogP) is 4.68. The largest absolute Gasteiger partial charge is 0.339 e. The Hall–Kier alpha value is -2.87. The van der Waals surface area contributed by atoms with Gasteiger partial charge in [-0.25, -0.2) is 4.99 Å². The van der Waals surface area contributed by atoms with E-state index in [1.807, 2.05) is 24.4 Å². The third-order valence-corrected chi connectivity index (χ3v) is 3.72. The summed E-state index contributed by atoms with van der Waals surface area (Å²) >= 11 is 0. The highest BCUT2D eigenvalue weighted by molar-refractivity contribution is 6.17. The van der Waals surface area contributed by atoms with Crippen LogP contribution in [0.2, 0.25) is 0 Å². The summed E-state index contributed by atoms with van der Waals surface area (Å²) in [5.41, 5.74) is 3.35. The van der Waals surface area contributed by atoms with Crippen molar-refractivity contribution in [2.45, 2.75) is 0 Å². The Morgan fingerprint density at radius 1 is 0.762 bits per heavy atom. The fourth-order valence-electron chi connectivity index (χ4n) is 2.68. The summed E-state index contributed by atoms with van der Waals surface area (Å²) in [5.74, 6) is 0.882. The number of rotatable bonds is 1. The van der Waals surface area contributed by atoms with E-state index in [9.17, 15) is 0 Å². The summed E-state index contributed by atoms with van der Waals surface area (Å²) in [6.45, 7) is 0. The molecular weight excluding hydrogens is 256 g/mol. The van der Waals surface area contributed by atoms with Crippen LogP contribution < -0.4 is 5.32 Å². The van der Waals surface area contributed by atoms with Crippen LogP contribution in [0, 0.1) is 0 Å². The van der Waals surface area contributed by atoms with Crippen molar-refractivity contribution in [1.82, 2.24) is 0 Å². The van der Waals surface area contributed by atoms with E-state index in [1.54, 1.807) is 0 Å². The standard InChI is InChI=1S/C19H14N2/c1-3-9-16-14(6-1)8-5-10-17(16)19-20-13-12-15-7-2-4-11-18(15)21-19/h1-13H,(H,20,21). The minimum Gasteiger partial charge on any atom is -0.339 e. The first-order valence-electron chi connectivity index (χ1n) is 7.00. The second-order valence-electron chi connectivity index (χ2n) is 5.03. The molecule has 0 fully saturated rings. The van der Waals surface area contributed by atoms with Gasteiger partial charge in [-0.2, -0.15) is 0 Å². The lowest BCUT2D eigenvalue weighted by Crippen LogP contribution is -2.13. The fourth-order valence-corrected chi connectivity index (χ4v) is 2.68. The van der Waals surface area contributed by atoms with E-state index >= 15 is 0 Å². The number of fused-ring (bicyclic) bond motifs is 2. The first-order valence-corrected chi connectivity index (χ1v) is 7.00. The molecule has 0 spiro atoms. The van der Waals surface area contributed by atoms with Crippen LogP contribution in [0.15, 0.2) is 77.9 Å². The smallest absolute Gasteiger partial charge is 0.138 e. The third kappa shape index (κ3) is 2.11. The lowest BCUT2D eigenvalue weighted by atomic mass is 10.0. The molecular formula is C19H14N2. The lowest BCUT2D eigenvalue weighted by molar-refractivity contribution is 1.53. The molecule has 0 radical (unpaired) electrons. The zero-order valence-electron chi connectivity index (χ0n) is 11.5. The zero-order chi connectivity index (χ0) is 14.1. The number of amidine groups is 1. The molecule has 1 aliphatic heterocycles. The number of anilines is 1. The first kappa shape index (κ1) is 11.9. The van der Waals surface area contributed by atoms with E-state index in [2.05, 4.69) is 64.9 Å². The third-order valence-electron chi connectivity index (χ3n) is 3.72. The van der Waals surface area contributed by atoms with E-state index in [4.69, 9.17) is 0 Å². The van der Waals surface area contributed by atoms with Gasteiger partial charge in [-0.1, -0.05) is 60.7 Å². The molecule has 1 heterocycles. The van der Waals surface area contributed by atoms with Crippen molar-refractivity contribution in [1.29, 1.82) is 0 Å². The molecule has 3 aromatic carbocycles. The average Bonchev–Trinajstić information content (AvgIpc) is 2.76. The molecule has 0 atom stereocenters. The van der Waals surface area contributed by atoms with Gasteiger partial charge in [-0.3, -0.25) is 0 Å². The van der Waals surface area contributed by atoms with Crippen LogP contribution >= 0.6 is 0 Å². The molecule has 0 aromatic heterocycles. The lowest BCUT2D eigenvalue weighted by Gasteiger charge is -2.12. The van der Waals surface area contributed by atoms with Gasteiger partial charge in [0.15, 0.2) is 0 Å². The van der Waals surface area contributed by atoms with Crippen LogP contribution in [-0.2, 0) is 0 Å². The van der Waals surface area contributed by atoms with Crippen LogP contribution in [0.1, 0.15) is 11.1 Å². The van der Waals surface area contributed by atoms with Gasteiger partial charge in [0.25, 0.3) is 0 Å². The molecule has 1 aliphatic rings. The minimum atomic E-state index is 0.882. The van der Waals surface area contributed by atoms with Crippen LogP contribution in [0.4, 0.5) is 5.69 Å². The van der Waals surface area contributed by atoms with Gasteiger partial charge in [0, 0.05) is 17.5 Å². The van der Waals surface area contributed by atoms with Gasteiger partial charge < -0.3 is 5.32 Å². The number of nitrogens with one attached hydrogen (secondary N) is 1. The van der Waals surface area contributed by atoms with E-state index in [1.165, 1.54) is 10.8 Å². The molecule has 0 amide bonds. The van der Waals surface area contributed by atoms with Gasteiger partial charge in [0.05, 0.1) is 0 Å². The van der Waals surface area contributed by atoms with Crippen molar-refractivity contribution in [3.05, 3.63) is 84.1 Å². The summed E-state index contributed by atoms with van der Waals surface area (Å²) < 4.78 is 0. The van der Waals surface area contributed by atoms with E-state index in [0.717, 1.165) is 22.6 Å². The van der Waals surface area contributed by atoms with Crippen molar-refractivity contribution in [2.75, 3.05) is 5.32 Å². The number of hydrogen-bond acceptors (Lipinski definition) is 2. The molecule has 100 valence electrons. The highest BCUT2D eigenvalue weighted by Gasteiger charge is 2.11. The van der Waals surface area contributed by atoms with Gasteiger partial charge in [-0.15, -0.1) is 0 Å². The summed E-state index contributed by atoms with van der Waals surface area (Å²) in [4.78, 5) is 4.58. The highest BCUT2D eigenvalue weighted by Crippen LogP contribution is 2.24. The maximum atomic E-state index is 4.58. The SMILES string of the molecule is C1=Cc2ccccc2NC(c2cccc3ccccc23)=N1. The monoisotopic (exact) mass is 270 g/mol. The van der Waals surface area contributed by atoms with E-state index in [-0.39, 0.29) is 0 Å². The topological polar surface area (TPSA) is 24.4 Å². The molecule has 2 nitrogen and oxygen atoms in total. The Bertz CT molecular complexity index is 870. The maximum Gasteiger partial charge on any atom is 0.138 e. The predicted molar refractivity (Wildman–Crippen MR) is 89.6 cm³/mol. The van der Waals surface area contributed by atoms with Crippen molar-refractivity contribution in [3.63, 3.8) is 0 Å². The second-order valence-corrected chi connectivity index (χ2v) is 5.03. The Morgan fingerprint density at radius 2 is 1.57 bits per heavy atom. The van der Waals surface area contributed by atoms with E-state index in [0.29, 0.717) is 0 Å². The van der Waals surface area contributed by atoms with Crippen molar-refractivity contribution >= 4 is 28.4 Å². The molecule has 4 rings (SSSR count). The van der Waals surface area contributed by atoms with Crippen LogP contribution in [0.25, 0.3) is 16.8 Å². The van der Waals surface area contributed by atoms with Crippen molar-refractivity contribution in [3.8, 4) is 0 Å². The quantitative estimate of drug-likeness (QED) is 0.682. The van der Waals surface area contributed by atoms with Crippen LogP contribution in [0.5, 0.6) is 0 Å². The summed E-state index contributed by atoms with van der Waals surface area (Å²) in [6, 6.07) is 22.9. The zero-order valence-corrected chi connectivity index (χ0v) is 11.5. The average molecular weight is 270 g/mol.